The van der Waals surface area contributed by atoms with Crippen molar-refractivity contribution >= 4 is 5.82 Å². The van der Waals surface area contributed by atoms with Gasteiger partial charge in [-0.2, -0.15) is 0 Å². The highest BCUT2D eigenvalue weighted by atomic mass is 15.0. The summed E-state index contributed by atoms with van der Waals surface area (Å²) < 4.78 is 1.85. The van der Waals surface area contributed by atoms with E-state index in [2.05, 4.69) is 15.0 Å². The molecule has 2 N–H and O–H groups in total. The van der Waals surface area contributed by atoms with Gasteiger partial charge in [-0.25, -0.2) is 15.0 Å². The summed E-state index contributed by atoms with van der Waals surface area (Å²) in [4.78, 5) is 12.1. The first-order chi connectivity index (χ1) is 6.29. The molecular formula is C8H9N5. The fourth-order valence-electron chi connectivity index (χ4n) is 1.13. The van der Waals surface area contributed by atoms with Crippen molar-refractivity contribution in [2.24, 2.45) is 7.05 Å². The molecule has 0 fully saturated rings. The molecule has 0 spiro atoms. The maximum atomic E-state index is 5.67. The van der Waals surface area contributed by atoms with E-state index in [9.17, 15) is 0 Å². The Morgan fingerprint density at radius 1 is 1.31 bits per heavy atom. The summed E-state index contributed by atoms with van der Waals surface area (Å²) >= 11 is 0. The summed E-state index contributed by atoms with van der Waals surface area (Å²) in [6.45, 7) is 0. The van der Waals surface area contributed by atoms with Crippen LogP contribution >= 0.6 is 0 Å². The quantitative estimate of drug-likeness (QED) is 0.683. The average molecular weight is 175 g/mol. The van der Waals surface area contributed by atoms with E-state index >= 15 is 0 Å². The molecule has 5 heteroatoms. The Balaban J connectivity index is 2.59. The molecule has 0 aromatic carbocycles. The topological polar surface area (TPSA) is 69.6 Å². The molecule has 5 nitrogen and oxygen atoms in total. The zero-order chi connectivity index (χ0) is 9.26. The van der Waals surface area contributed by atoms with Gasteiger partial charge in [0.05, 0.1) is 18.2 Å². The molecule has 0 amide bonds. The Labute approximate surface area is 75.3 Å². The molecule has 2 rings (SSSR count). The second kappa shape index (κ2) is 2.85. The Morgan fingerprint density at radius 3 is 2.69 bits per heavy atom. The lowest BCUT2D eigenvalue weighted by Gasteiger charge is -2.02. The summed E-state index contributed by atoms with van der Waals surface area (Å²) in [6, 6.07) is 0. The lowest BCUT2D eigenvalue weighted by Crippen LogP contribution is -1.99. The number of hydrogen-bond donors (Lipinski definition) is 1. The van der Waals surface area contributed by atoms with Gasteiger partial charge in [0, 0.05) is 19.4 Å². The third-order valence-corrected chi connectivity index (χ3v) is 1.79. The van der Waals surface area contributed by atoms with Gasteiger partial charge >= 0.3 is 0 Å². The van der Waals surface area contributed by atoms with E-state index in [0.717, 1.165) is 5.69 Å². The number of nitrogen functional groups attached to an aromatic ring is 1. The number of nitrogens with zero attached hydrogens (tertiary/aromatic N) is 4. The van der Waals surface area contributed by atoms with Gasteiger partial charge in [-0.1, -0.05) is 0 Å². The predicted molar refractivity (Wildman–Crippen MR) is 48.6 cm³/mol. The largest absolute Gasteiger partial charge is 0.382 e. The highest BCUT2D eigenvalue weighted by molar-refractivity contribution is 5.65. The van der Waals surface area contributed by atoms with E-state index in [-0.39, 0.29) is 0 Å². The van der Waals surface area contributed by atoms with Crippen LogP contribution in [-0.4, -0.2) is 19.5 Å². The fourth-order valence-corrected chi connectivity index (χ4v) is 1.13. The monoisotopic (exact) mass is 175 g/mol. The normalized spacial score (nSPS) is 10.2. The minimum absolute atomic E-state index is 0.422. The zero-order valence-electron chi connectivity index (χ0n) is 7.18. The summed E-state index contributed by atoms with van der Waals surface area (Å²) in [6.07, 6.45) is 6.58. The summed E-state index contributed by atoms with van der Waals surface area (Å²) in [5, 5.41) is 0. The Bertz CT molecular complexity index is 420. The van der Waals surface area contributed by atoms with Gasteiger partial charge in [0.15, 0.2) is 5.82 Å². The number of hydrogen-bond acceptors (Lipinski definition) is 4. The zero-order valence-corrected chi connectivity index (χ0v) is 7.18. The van der Waals surface area contributed by atoms with Crippen LogP contribution in [0.2, 0.25) is 0 Å². The van der Waals surface area contributed by atoms with Crippen LogP contribution in [0.3, 0.4) is 0 Å². The van der Waals surface area contributed by atoms with Gasteiger partial charge in [0.1, 0.15) is 5.69 Å². The van der Waals surface area contributed by atoms with Crippen molar-refractivity contribution in [3.63, 3.8) is 0 Å². The van der Waals surface area contributed by atoms with Gasteiger partial charge < -0.3 is 10.3 Å². The summed E-state index contributed by atoms with van der Waals surface area (Å²) in [7, 11) is 1.89. The standard InChI is InChI=1S/C8H9N5/c1-13-5-10-4-6(13)7-8(9)12-3-2-11-7/h2-5H,1H3,(H2,9,12). The van der Waals surface area contributed by atoms with Crippen molar-refractivity contribution in [2.45, 2.75) is 0 Å². The number of nitrogens with two attached hydrogens (primary N) is 1. The molecule has 0 aliphatic rings. The van der Waals surface area contributed by atoms with Gasteiger partial charge in [0.25, 0.3) is 0 Å². The van der Waals surface area contributed by atoms with E-state index in [1.807, 2.05) is 11.6 Å². The maximum absolute atomic E-state index is 5.67. The first kappa shape index (κ1) is 7.72. The second-order valence-electron chi connectivity index (χ2n) is 2.68. The van der Waals surface area contributed by atoms with E-state index in [4.69, 9.17) is 5.73 Å². The lowest BCUT2D eigenvalue weighted by atomic mass is 10.3. The molecule has 0 aliphatic carbocycles. The van der Waals surface area contributed by atoms with Crippen LogP contribution in [0.1, 0.15) is 0 Å². The van der Waals surface area contributed by atoms with Gasteiger partial charge in [0.2, 0.25) is 0 Å². The number of imidazole rings is 1. The Kier molecular flexibility index (Phi) is 1.70. The van der Waals surface area contributed by atoms with Gasteiger partial charge in [-0.05, 0) is 0 Å². The van der Waals surface area contributed by atoms with Crippen molar-refractivity contribution in [2.75, 3.05) is 5.73 Å². The molecule has 2 heterocycles. The number of aromatic nitrogens is 4. The van der Waals surface area contributed by atoms with E-state index in [1.165, 1.54) is 0 Å². The molecular weight excluding hydrogens is 166 g/mol. The third-order valence-electron chi connectivity index (χ3n) is 1.79. The SMILES string of the molecule is Cn1cncc1-c1nccnc1N. The van der Waals surface area contributed by atoms with Crippen LogP contribution in [0.5, 0.6) is 0 Å². The molecule has 0 aliphatic heterocycles. The molecule has 13 heavy (non-hydrogen) atoms. The van der Waals surface area contributed by atoms with Gasteiger partial charge in [-0.15, -0.1) is 0 Å². The summed E-state index contributed by atoms with van der Waals surface area (Å²) in [5.74, 6) is 0.422. The first-order valence-corrected chi connectivity index (χ1v) is 3.82. The van der Waals surface area contributed by atoms with Crippen molar-refractivity contribution in [3.05, 3.63) is 24.9 Å². The highest BCUT2D eigenvalue weighted by Gasteiger charge is 2.07. The van der Waals surface area contributed by atoms with Crippen LogP contribution in [0, 0.1) is 0 Å². The van der Waals surface area contributed by atoms with Crippen LogP contribution < -0.4 is 5.73 Å². The van der Waals surface area contributed by atoms with Crippen molar-refractivity contribution in [1.82, 2.24) is 19.5 Å². The maximum Gasteiger partial charge on any atom is 0.151 e. The molecule has 66 valence electrons. The molecule has 0 unspecified atom stereocenters. The first-order valence-electron chi connectivity index (χ1n) is 3.82. The van der Waals surface area contributed by atoms with Crippen LogP contribution in [0.4, 0.5) is 5.82 Å². The molecule has 2 aromatic heterocycles. The smallest absolute Gasteiger partial charge is 0.151 e. The lowest BCUT2D eigenvalue weighted by molar-refractivity contribution is 0.915. The summed E-state index contributed by atoms with van der Waals surface area (Å²) in [5.41, 5.74) is 7.20. The highest BCUT2D eigenvalue weighted by Crippen LogP contribution is 2.19. The molecule has 0 saturated carbocycles. The van der Waals surface area contributed by atoms with Crippen molar-refractivity contribution in [3.8, 4) is 11.4 Å². The second-order valence-corrected chi connectivity index (χ2v) is 2.68. The number of aryl methyl sites for hydroxylation is 1. The van der Waals surface area contributed by atoms with E-state index < -0.39 is 0 Å². The molecule has 0 saturated heterocycles. The van der Waals surface area contributed by atoms with Crippen LogP contribution in [0.15, 0.2) is 24.9 Å². The van der Waals surface area contributed by atoms with E-state index in [1.54, 1.807) is 24.9 Å². The average Bonchev–Trinajstić information content (AvgIpc) is 2.52. The minimum Gasteiger partial charge on any atom is -0.382 e. The molecule has 0 bridgehead atoms. The van der Waals surface area contributed by atoms with Crippen molar-refractivity contribution < 1.29 is 0 Å². The number of rotatable bonds is 1. The fraction of sp³-hybridized carbons (Fsp3) is 0.125. The number of anilines is 1. The predicted octanol–water partition coefficient (Wildman–Crippen LogP) is 0.459. The minimum atomic E-state index is 0.422. The molecule has 2 aromatic rings. The van der Waals surface area contributed by atoms with Crippen LogP contribution in [-0.2, 0) is 7.05 Å². The van der Waals surface area contributed by atoms with Gasteiger partial charge in [-0.3, -0.25) is 0 Å². The molecule has 0 atom stereocenters. The van der Waals surface area contributed by atoms with Crippen molar-refractivity contribution in [1.29, 1.82) is 0 Å². The Morgan fingerprint density at radius 2 is 2.08 bits per heavy atom. The Hall–Kier alpha value is -1.91. The van der Waals surface area contributed by atoms with E-state index in [0.29, 0.717) is 11.5 Å². The third kappa shape index (κ3) is 1.24. The van der Waals surface area contributed by atoms with Crippen LogP contribution in [0.25, 0.3) is 11.4 Å². The molecule has 0 radical (unpaired) electrons.